The standard InChI is InChI=1S/C120H96O30/c121-113(122)91-25-9-77(10-26-91)61-139-101-47-87(48-102(55-101)140-62-78-11-27-92(28-12-78)114(123)124)71-147-109-43-85(44-110(59-109)148-72-88-49-103(141-63-79-13-29-93(30-14-79)115(125)126)56-104(50-88)142-64-80-15-31-94(32-16-80)116(127)128)69-137-99-5-1-3-75(41-99)7-8-76-4-2-6-100(42-76)138-70-86-45-111(149-73-89-51-105(143-65-81-17-33-95(34-18-81)117(129)130)57-106(52-89)144-66-82-19-35-96(36-20-82)118(131)132)60-112(46-86)150-74-90-53-107(145-67-83-21-37-97(38-22-83)119(133)134)58-108(54-90)146-68-84-23-39-98(40-24-84)120(135)136/h1-60H,61-74H2,(H,121,122)(H,123,124)(H,125,126)(H,127,128)(H,129,130)(H,131,132)(H,133,134)(H,135,136)/b8-7+. The molecule has 30 heteroatoms. The number of carboxylic acid groups (broad SMARTS) is 8. The van der Waals surface area contributed by atoms with Crippen LogP contribution in [0.2, 0.25) is 0 Å². The third kappa shape index (κ3) is 30.9. The molecular weight excluding hydrogens is 1920 g/mol. The first-order chi connectivity index (χ1) is 72.7. The lowest BCUT2D eigenvalue weighted by Gasteiger charge is -2.16. The van der Waals surface area contributed by atoms with Crippen molar-refractivity contribution < 1.29 is 146 Å². The minimum Gasteiger partial charge on any atom is -0.489 e. The number of rotatable bonds is 52. The molecule has 0 aromatic heterocycles. The van der Waals surface area contributed by atoms with Crippen molar-refractivity contribution in [1.29, 1.82) is 0 Å². The van der Waals surface area contributed by atoms with Crippen LogP contribution in [-0.4, -0.2) is 88.6 Å². The van der Waals surface area contributed by atoms with Gasteiger partial charge in [0.1, 0.15) is 173 Å². The second-order valence-electron chi connectivity index (χ2n) is 34.4. The highest BCUT2D eigenvalue weighted by molar-refractivity contribution is 5.91. The Morgan fingerprint density at radius 1 is 0.140 bits per heavy atom. The summed E-state index contributed by atoms with van der Waals surface area (Å²) >= 11 is 0. The Hall–Kier alpha value is -19.8. The molecule has 0 saturated heterocycles. The molecule has 756 valence electrons. The van der Waals surface area contributed by atoms with E-state index in [1.165, 1.54) is 97.1 Å². The molecule has 0 heterocycles. The summed E-state index contributed by atoms with van der Waals surface area (Å²) in [5.74, 6) is -2.93. The van der Waals surface area contributed by atoms with Crippen molar-refractivity contribution in [2.45, 2.75) is 92.5 Å². The molecule has 0 radical (unpaired) electrons. The smallest absolute Gasteiger partial charge is 0.335 e. The van der Waals surface area contributed by atoms with Crippen molar-refractivity contribution in [3.63, 3.8) is 0 Å². The summed E-state index contributed by atoms with van der Waals surface area (Å²) in [6.07, 6.45) is 3.86. The first-order valence-corrected chi connectivity index (χ1v) is 46.8. The van der Waals surface area contributed by atoms with Gasteiger partial charge in [0.15, 0.2) is 0 Å². The quantitative estimate of drug-likeness (QED) is 0.0164. The Morgan fingerprint density at radius 2 is 0.260 bits per heavy atom. The lowest BCUT2D eigenvalue weighted by atomic mass is 10.1. The number of aromatic carboxylic acids is 8. The van der Waals surface area contributed by atoms with Crippen LogP contribution in [0.1, 0.15) is 172 Å². The van der Waals surface area contributed by atoms with Gasteiger partial charge in [0.25, 0.3) is 0 Å². The molecule has 0 saturated carbocycles. The van der Waals surface area contributed by atoms with Gasteiger partial charge in [-0.15, -0.1) is 0 Å². The lowest BCUT2D eigenvalue weighted by Crippen LogP contribution is -2.04. The fourth-order valence-corrected chi connectivity index (χ4v) is 15.2. The summed E-state index contributed by atoms with van der Waals surface area (Å²) in [4.78, 5) is 93.6. The summed E-state index contributed by atoms with van der Waals surface area (Å²) < 4.78 is 90.3. The maximum absolute atomic E-state index is 11.7. The maximum atomic E-state index is 11.7. The number of hydrogen-bond acceptors (Lipinski definition) is 22. The number of carboxylic acids is 8. The zero-order valence-electron chi connectivity index (χ0n) is 80.1. The zero-order valence-corrected chi connectivity index (χ0v) is 80.1. The van der Waals surface area contributed by atoms with Gasteiger partial charge in [-0.05, 0) is 283 Å². The minimum absolute atomic E-state index is 0.00816. The van der Waals surface area contributed by atoms with E-state index in [1.807, 2.05) is 84.9 Å². The fourth-order valence-electron chi connectivity index (χ4n) is 15.2. The Morgan fingerprint density at radius 3 is 0.387 bits per heavy atom. The average Bonchev–Trinajstić information content (AvgIpc) is 0.837. The van der Waals surface area contributed by atoms with Crippen LogP contribution >= 0.6 is 0 Å². The van der Waals surface area contributed by atoms with Gasteiger partial charge < -0.3 is 107 Å². The SMILES string of the molecule is O=C(O)c1ccc(COc2cc(COc3cc(COc4cccc(/C=C/c5cccc(OCc6cc(OCc7cc(OCc8ccc(C(=O)O)cc8)cc(OCc8ccc(C(=O)O)cc8)c7)cc(OCc7cc(OCc8ccc(C(=O)O)cc8)cc(OCc8ccc(C(=O)O)cc8)c7)c6)c5)c4)cc(OCc4cc(OCc5ccc(C(=O)O)cc5)cc(OCc5ccc(C(=O)O)cc5)c4)c3)cc(OCc3ccc(C(=O)O)cc3)c2)cc1. The summed E-state index contributed by atoms with van der Waals surface area (Å²) in [7, 11) is 0. The molecule has 0 spiro atoms. The molecule has 16 aromatic carbocycles. The molecular formula is C120H96O30. The molecule has 8 N–H and O–H groups in total. The minimum atomic E-state index is -1.07. The molecule has 16 rings (SSSR count). The van der Waals surface area contributed by atoms with Gasteiger partial charge in [-0.3, -0.25) is 0 Å². The third-order valence-corrected chi connectivity index (χ3v) is 23.1. The van der Waals surface area contributed by atoms with Crippen molar-refractivity contribution >= 4 is 59.9 Å². The highest BCUT2D eigenvalue weighted by atomic mass is 16.5. The van der Waals surface area contributed by atoms with Gasteiger partial charge >= 0.3 is 47.8 Å². The molecule has 16 aromatic rings. The average molecular weight is 2020 g/mol. The number of hydrogen-bond donors (Lipinski definition) is 8. The van der Waals surface area contributed by atoms with Gasteiger partial charge in [0.05, 0.1) is 44.5 Å². The summed E-state index contributed by atoms with van der Waals surface area (Å²) in [5.41, 5.74) is 11.7. The van der Waals surface area contributed by atoms with E-state index in [-0.39, 0.29) is 137 Å². The van der Waals surface area contributed by atoms with Crippen molar-refractivity contribution in [3.05, 3.63) is 485 Å². The molecule has 0 fully saturated rings. The number of ether oxygens (including phenoxy) is 14. The molecule has 0 bridgehead atoms. The molecule has 0 atom stereocenters. The lowest BCUT2D eigenvalue weighted by molar-refractivity contribution is 0.0686. The van der Waals surface area contributed by atoms with E-state index in [4.69, 9.17) is 66.3 Å². The Kier molecular flexibility index (Phi) is 34.3. The van der Waals surface area contributed by atoms with E-state index >= 15 is 0 Å². The van der Waals surface area contributed by atoms with Crippen molar-refractivity contribution in [1.82, 2.24) is 0 Å². The molecule has 0 aliphatic rings. The first kappa shape index (κ1) is 103. The van der Waals surface area contributed by atoms with Gasteiger partial charge in [0.2, 0.25) is 0 Å². The molecule has 0 amide bonds. The van der Waals surface area contributed by atoms with E-state index in [0.29, 0.717) is 158 Å². The molecule has 0 aliphatic carbocycles. The van der Waals surface area contributed by atoms with Crippen LogP contribution in [0.25, 0.3) is 12.2 Å². The summed E-state index contributed by atoms with van der Waals surface area (Å²) in [5, 5.41) is 76.6. The number of benzene rings is 16. The molecule has 0 unspecified atom stereocenters. The highest BCUT2D eigenvalue weighted by Crippen LogP contribution is 2.36. The van der Waals surface area contributed by atoms with E-state index < -0.39 is 47.8 Å². The van der Waals surface area contributed by atoms with Gasteiger partial charge in [-0.1, -0.05) is 133 Å². The fraction of sp³-hybridized carbons (Fsp3) is 0.117. The van der Waals surface area contributed by atoms with Crippen LogP contribution < -0.4 is 66.3 Å². The Labute approximate surface area is 859 Å². The van der Waals surface area contributed by atoms with Crippen LogP contribution in [0.5, 0.6) is 80.5 Å². The zero-order chi connectivity index (χ0) is 105. The first-order valence-electron chi connectivity index (χ1n) is 46.8. The Bertz CT molecular complexity index is 6390. The predicted octanol–water partition coefficient (Wildman–Crippen LogP) is 23.5. The van der Waals surface area contributed by atoms with Gasteiger partial charge in [-0.25, -0.2) is 38.4 Å². The van der Waals surface area contributed by atoms with Crippen molar-refractivity contribution in [2.24, 2.45) is 0 Å². The molecule has 150 heavy (non-hydrogen) atoms. The predicted molar refractivity (Wildman–Crippen MR) is 548 cm³/mol. The van der Waals surface area contributed by atoms with E-state index in [1.54, 1.807) is 182 Å². The normalized spacial score (nSPS) is 10.9. The summed E-state index contributed by atoms with van der Waals surface area (Å²) in [6, 6.07) is 97.1. The highest BCUT2D eigenvalue weighted by Gasteiger charge is 2.20. The topological polar surface area (TPSA) is 428 Å². The van der Waals surface area contributed by atoms with Crippen molar-refractivity contribution in [3.8, 4) is 80.5 Å². The maximum Gasteiger partial charge on any atom is 0.335 e. The molecule has 30 nitrogen and oxygen atoms in total. The van der Waals surface area contributed by atoms with E-state index in [2.05, 4.69) is 0 Å². The van der Waals surface area contributed by atoms with Crippen LogP contribution in [0, 0.1) is 0 Å². The van der Waals surface area contributed by atoms with Crippen LogP contribution in [0.4, 0.5) is 0 Å². The van der Waals surface area contributed by atoms with Crippen molar-refractivity contribution in [2.75, 3.05) is 0 Å². The van der Waals surface area contributed by atoms with Gasteiger partial charge in [-0.2, -0.15) is 0 Å². The van der Waals surface area contributed by atoms with Crippen LogP contribution in [0.15, 0.2) is 352 Å². The largest absolute Gasteiger partial charge is 0.489 e. The van der Waals surface area contributed by atoms with E-state index in [9.17, 15) is 79.2 Å². The molecule has 0 aliphatic heterocycles. The monoisotopic (exact) mass is 2020 g/mol. The Balaban J connectivity index is 0.651. The summed E-state index contributed by atoms with van der Waals surface area (Å²) in [6.45, 7) is 0.383. The third-order valence-electron chi connectivity index (χ3n) is 23.1. The second-order valence-corrected chi connectivity index (χ2v) is 34.4. The van der Waals surface area contributed by atoms with Gasteiger partial charge in [0, 0.05) is 36.4 Å². The van der Waals surface area contributed by atoms with Crippen LogP contribution in [-0.2, 0) is 92.5 Å². The number of carbonyl (C=O) groups is 8. The van der Waals surface area contributed by atoms with Crippen LogP contribution in [0.3, 0.4) is 0 Å². The van der Waals surface area contributed by atoms with E-state index in [0.717, 1.165) is 11.1 Å². The second kappa shape index (κ2) is 50.0.